The first-order chi connectivity index (χ1) is 9.20. The predicted molar refractivity (Wildman–Crippen MR) is 84.5 cm³/mol. The van der Waals surface area contributed by atoms with E-state index in [0.717, 1.165) is 6.54 Å². The minimum Gasteiger partial charge on any atom is -0.309 e. The van der Waals surface area contributed by atoms with E-state index in [0.29, 0.717) is 12.1 Å². The van der Waals surface area contributed by atoms with Crippen molar-refractivity contribution >= 4 is 0 Å². The molecule has 2 nitrogen and oxygen atoms in total. The van der Waals surface area contributed by atoms with Crippen LogP contribution in [-0.2, 0) is 0 Å². The van der Waals surface area contributed by atoms with Crippen LogP contribution in [0, 0.1) is 0 Å². The molecule has 0 saturated heterocycles. The van der Waals surface area contributed by atoms with Crippen LogP contribution in [0.4, 0.5) is 0 Å². The Labute approximate surface area is 119 Å². The van der Waals surface area contributed by atoms with Gasteiger partial charge in [0.05, 0.1) is 0 Å². The highest BCUT2D eigenvalue weighted by Crippen LogP contribution is 2.20. The Hall–Kier alpha value is -0.860. The zero-order chi connectivity index (χ0) is 14.1. The first-order valence-corrected chi connectivity index (χ1v) is 7.69. The molecule has 0 saturated carbocycles. The Morgan fingerprint density at radius 3 is 2.37 bits per heavy atom. The van der Waals surface area contributed by atoms with E-state index in [1.54, 1.807) is 0 Å². The van der Waals surface area contributed by atoms with Crippen molar-refractivity contribution in [1.82, 2.24) is 10.2 Å². The van der Waals surface area contributed by atoms with E-state index >= 15 is 0 Å². The van der Waals surface area contributed by atoms with Crippen molar-refractivity contribution in [3.05, 3.63) is 35.9 Å². The summed E-state index contributed by atoms with van der Waals surface area (Å²) in [5.41, 5.74) is 1.39. The van der Waals surface area contributed by atoms with Crippen LogP contribution in [0.5, 0.6) is 0 Å². The molecule has 2 heteroatoms. The summed E-state index contributed by atoms with van der Waals surface area (Å²) in [5, 5.41) is 3.63. The minimum atomic E-state index is 0.415. The molecule has 1 N–H and O–H groups in total. The van der Waals surface area contributed by atoms with Crippen molar-refractivity contribution in [2.75, 3.05) is 20.1 Å². The maximum Gasteiger partial charge on any atom is 0.0475 e. The number of rotatable bonds is 9. The van der Waals surface area contributed by atoms with E-state index in [-0.39, 0.29) is 0 Å². The van der Waals surface area contributed by atoms with Crippen LogP contribution < -0.4 is 5.32 Å². The average Bonchev–Trinajstić information content (AvgIpc) is 2.45. The second-order valence-electron chi connectivity index (χ2n) is 5.37. The third kappa shape index (κ3) is 5.33. The average molecular weight is 262 g/mol. The highest BCUT2D eigenvalue weighted by atomic mass is 15.2. The van der Waals surface area contributed by atoms with Gasteiger partial charge in [-0.1, -0.05) is 57.0 Å². The van der Waals surface area contributed by atoms with Crippen molar-refractivity contribution in [1.29, 1.82) is 0 Å². The maximum absolute atomic E-state index is 3.63. The lowest BCUT2D eigenvalue weighted by Gasteiger charge is -2.33. The summed E-state index contributed by atoms with van der Waals surface area (Å²) in [6.45, 7) is 8.96. The molecule has 0 aliphatic heterocycles. The molecule has 0 fully saturated rings. The van der Waals surface area contributed by atoms with Crippen molar-refractivity contribution in [2.24, 2.45) is 0 Å². The number of unbranched alkanes of at least 4 members (excludes halogenated alkanes) is 2. The number of hydrogen-bond acceptors (Lipinski definition) is 2. The molecule has 0 heterocycles. The van der Waals surface area contributed by atoms with E-state index in [1.807, 2.05) is 0 Å². The van der Waals surface area contributed by atoms with E-state index in [4.69, 9.17) is 0 Å². The summed E-state index contributed by atoms with van der Waals surface area (Å²) >= 11 is 0. The summed E-state index contributed by atoms with van der Waals surface area (Å²) in [7, 11) is 2.24. The van der Waals surface area contributed by atoms with E-state index in [9.17, 15) is 0 Å². The molecule has 1 aromatic carbocycles. The first-order valence-electron chi connectivity index (χ1n) is 7.69. The Morgan fingerprint density at radius 1 is 1.11 bits per heavy atom. The number of hydrogen-bond donors (Lipinski definition) is 1. The van der Waals surface area contributed by atoms with Crippen molar-refractivity contribution in [2.45, 2.75) is 52.1 Å². The zero-order valence-corrected chi connectivity index (χ0v) is 13.0. The van der Waals surface area contributed by atoms with Gasteiger partial charge in [-0.3, -0.25) is 0 Å². The molecule has 0 aliphatic rings. The Bertz CT molecular complexity index is 323. The van der Waals surface area contributed by atoms with Crippen LogP contribution in [-0.4, -0.2) is 31.1 Å². The predicted octanol–water partition coefficient (Wildman–Crippen LogP) is 3.85. The Balaban J connectivity index is 2.64. The molecule has 0 radical (unpaired) electrons. The van der Waals surface area contributed by atoms with Gasteiger partial charge in [0.1, 0.15) is 0 Å². The van der Waals surface area contributed by atoms with Crippen LogP contribution in [0.2, 0.25) is 0 Å². The molecule has 108 valence electrons. The van der Waals surface area contributed by atoms with E-state index < -0.39 is 0 Å². The van der Waals surface area contributed by atoms with Crippen LogP contribution in [0.3, 0.4) is 0 Å². The number of benzene rings is 1. The molecule has 0 spiro atoms. The standard InChI is InChI=1S/C17H30N2/c1-5-7-11-14-19(4)15(3)17(18-6-2)16-12-9-8-10-13-16/h8-10,12-13,15,17-18H,5-7,11,14H2,1-4H3. The highest BCUT2D eigenvalue weighted by molar-refractivity contribution is 5.20. The number of nitrogens with zero attached hydrogens (tertiary/aromatic N) is 1. The molecule has 2 atom stereocenters. The van der Waals surface area contributed by atoms with Gasteiger partial charge in [0, 0.05) is 12.1 Å². The van der Waals surface area contributed by atoms with Gasteiger partial charge < -0.3 is 10.2 Å². The highest BCUT2D eigenvalue weighted by Gasteiger charge is 2.21. The lowest BCUT2D eigenvalue weighted by Crippen LogP contribution is -2.41. The molecule has 0 aromatic heterocycles. The maximum atomic E-state index is 3.63. The van der Waals surface area contributed by atoms with Gasteiger partial charge >= 0.3 is 0 Å². The lowest BCUT2D eigenvalue weighted by atomic mass is 9.99. The molecular formula is C17H30N2. The van der Waals surface area contributed by atoms with Gasteiger partial charge in [0.2, 0.25) is 0 Å². The minimum absolute atomic E-state index is 0.415. The largest absolute Gasteiger partial charge is 0.309 e. The second-order valence-corrected chi connectivity index (χ2v) is 5.37. The normalized spacial score (nSPS) is 14.6. The summed E-state index contributed by atoms with van der Waals surface area (Å²) in [4.78, 5) is 2.48. The van der Waals surface area contributed by atoms with Crippen LogP contribution in [0.15, 0.2) is 30.3 Å². The fraction of sp³-hybridized carbons (Fsp3) is 0.647. The summed E-state index contributed by atoms with van der Waals surface area (Å²) < 4.78 is 0. The van der Waals surface area contributed by atoms with Gasteiger partial charge in [0.25, 0.3) is 0 Å². The third-order valence-corrected chi connectivity index (χ3v) is 3.87. The van der Waals surface area contributed by atoms with Crippen molar-refractivity contribution < 1.29 is 0 Å². The molecule has 0 bridgehead atoms. The number of likely N-dealkylation sites (N-methyl/N-ethyl adjacent to an activating group) is 2. The quantitative estimate of drug-likeness (QED) is 0.680. The van der Waals surface area contributed by atoms with Crippen molar-refractivity contribution in [3.63, 3.8) is 0 Å². The lowest BCUT2D eigenvalue weighted by molar-refractivity contribution is 0.204. The monoisotopic (exact) mass is 262 g/mol. The molecule has 1 rings (SSSR count). The zero-order valence-electron chi connectivity index (χ0n) is 13.0. The van der Waals surface area contributed by atoms with Gasteiger partial charge in [-0.05, 0) is 39.0 Å². The fourth-order valence-electron chi connectivity index (χ4n) is 2.52. The summed E-state index contributed by atoms with van der Waals surface area (Å²) in [6, 6.07) is 11.7. The van der Waals surface area contributed by atoms with Gasteiger partial charge in [-0.15, -0.1) is 0 Å². The molecule has 1 aromatic rings. The molecular weight excluding hydrogens is 232 g/mol. The van der Waals surface area contributed by atoms with Gasteiger partial charge in [0.15, 0.2) is 0 Å². The van der Waals surface area contributed by atoms with Crippen LogP contribution in [0.1, 0.15) is 51.6 Å². The fourth-order valence-corrected chi connectivity index (χ4v) is 2.52. The van der Waals surface area contributed by atoms with Crippen molar-refractivity contribution in [3.8, 4) is 0 Å². The molecule has 19 heavy (non-hydrogen) atoms. The summed E-state index contributed by atoms with van der Waals surface area (Å²) in [5.74, 6) is 0. The third-order valence-electron chi connectivity index (χ3n) is 3.87. The second kappa shape index (κ2) is 9.11. The number of nitrogens with one attached hydrogen (secondary N) is 1. The first kappa shape index (κ1) is 16.2. The van der Waals surface area contributed by atoms with E-state index in [2.05, 4.69) is 68.4 Å². The summed E-state index contributed by atoms with van der Waals surface area (Å²) in [6.07, 6.45) is 3.91. The van der Waals surface area contributed by atoms with E-state index in [1.165, 1.54) is 31.4 Å². The molecule has 2 unspecified atom stereocenters. The van der Waals surface area contributed by atoms with Gasteiger partial charge in [-0.2, -0.15) is 0 Å². The molecule has 0 aliphatic carbocycles. The van der Waals surface area contributed by atoms with Gasteiger partial charge in [-0.25, -0.2) is 0 Å². The van der Waals surface area contributed by atoms with Crippen LogP contribution >= 0.6 is 0 Å². The topological polar surface area (TPSA) is 15.3 Å². The van der Waals surface area contributed by atoms with Crippen LogP contribution in [0.25, 0.3) is 0 Å². The smallest absolute Gasteiger partial charge is 0.0475 e. The Morgan fingerprint density at radius 2 is 1.79 bits per heavy atom. The molecule has 0 amide bonds. The Kier molecular flexibility index (Phi) is 7.76. The SMILES string of the molecule is CCCCCN(C)C(C)C(NCC)c1ccccc1.